The zero-order chi connectivity index (χ0) is 65.3. The van der Waals surface area contributed by atoms with E-state index in [0.29, 0.717) is 26.4 Å². The zero-order valence-electron chi connectivity index (χ0n) is 56.3. The van der Waals surface area contributed by atoms with Gasteiger partial charge in [0.05, 0.1) is 56.3 Å². The highest BCUT2D eigenvalue weighted by Crippen LogP contribution is 2.32. The van der Waals surface area contributed by atoms with Crippen LogP contribution in [-0.2, 0) is 25.7 Å². The van der Waals surface area contributed by atoms with E-state index >= 15 is 0 Å². The van der Waals surface area contributed by atoms with Crippen LogP contribution in [0.1, 0.15) is 245 Å². The molecule has 0 unspecified atom stereocenters. The smallest absolute Gasteiger partial charge is 0.174 e. The van der Waals surface area contributed by atoms with E-state index in [1.807, 2.05) is 58.9 Å². The molecule has 0 bridgehead atoms. The maximum atomic E-state index is 6.05. The Kier molecular flexibility index (Phi) is 38.2. The molecule has 0 aliphatic carbocycles. The van der Waals surface area contributed by atoms with Crippen LogP contribution < -0.4 is 28.4 Å². The summed E-state index contributed by atoms with van der Waals surface area (Å²) in [5, 5.41) is 55.9. The van der Waals surface area contributed by atoms with Gasteiger partial charge in [-0.1, -0.05) is 117 Å². The number of aromatic nitrogens is 16. The van der Waals surface area contributed by atoms with Crippen molar-refractivity contribution in [3.8, 4) is 70.0 Å². The fraction of sp³-hybridized carbons (Fsp3) is 0.600. The number of rotatable bonds is 44. The summed E-state index contributed by atoms with van der Waals surface area (Å²) in [5.74, 6) is 26.6. The second-order valence-corrected chi connectivity index (χ2v) is 22.6. The number of H-pyrrole nitrogens is 4. The Morgan fingerprint density at radius 3 is 0.750 bits per heavy atom. The van der Waals surface area contributed by atoms with Crippen molar-refractivity contribution in [2.75, 3.05) is 39.6 Å². The number of hydrogen-bond donors (Lipinski definition) is 4. The number of nitrogens with zero attached hydrogens (tertiary/aromatic N) is 12. The van der Waals surface area contributed by atoms with E-state index in [9.17, 15) is 0 Å². The fourth-order valence-corrected chi connectivity index (χ4v) is 9.77. The normalized spacial score (nSPS) is 10.5. The van der Waals surface area contributed by atoms with E-state index in [1.165, 1.54) is 64.2 Å². The first kappa shape index (κ1) is 74.2. The lowest BCUT2D eigenvalue weighted by molar-refractivity contribution is 0.294. The highest BCUT2D eigenvalue weighted by atomic mass is 16.5. The molecule has 0 radical (unpaired) electrons. The lowest BCUT2D eigenvalue weighted by atomic mass is 10.1. The largest absolute Gasteiger partial charge is 0.493 e. The molecule has 0 aliphatic rings. The van der Waals surface area contributed by atoms with Gasteiger partial charge in [-0.15, -0.1) is 58.6 Å². The van der Waals surface area contributed by atoms with Gasteiger partial charge >= 0.3 is 0 Å². The first-order chi connectivity index (χ1) is 45.2. The van der Waals surface area contributed by atoms with Crippen LogP contribution in [0, 0.1) is 56.3 Å². The van der Waals surface area contributed by atoms with Gasteiger partial charge in [0.15, 0.2) is 23.3 Å². The predicted molar refractivity (Wildman–Crippen MR) is 358 cm³/mol. The van der Waals surface area contributed by atoms with Gasteiger partial charge in [0.25, 0.3) is 0 Å². The Hall–Kier alpha value is -8.58. The van der Waals surface area contributed by atoms with E-state index in [0.717, 1.165) is 220 Å². The SMILES string of the molecule is CC#Cc1cc(OCCCCCCCC)c(C)cc1OCCCCCCCC.CC#Cc1cc(OCCCCCc2nn[nH]n2)c(C)cc1OCCCCCc1nn[nH]n1.CC#Cc1cc(OCCCCCc2nn[nH]n2)c(C)cc1OCCCCCc1nn[nH]n1. The maximum absolute atomic E-state index is 6.05. The molecule has 92 heavy (non-hydrogen) atoms. The monoisotopic (exact) mass is 1260 g/mol. The Labute approximate surface area is 546 Å². The summed E-state index contributed by atoms with van der Waals surface area (Å²) in [5.41, 5.74) is 5.88. The van der Waals surface area contributed by atoms with Crippen LogP contribution in [-0.4, -0.2) is 122 Å². The quantitative estimate of drug-likeness (QED) is 0.0204. The summed E-state index contributed by atoms with van der Waals surface area (Å²) >= 11 is 0. The number of benzene rings is 3. The Bertz CT molecular complexity index is 3050. The minimum Gasteiger partial charge on any atom is -0.493 e. The van der Waals surface area contributed by atoms with Crippen molar-refractivity contribution in [2.24, 2.45) is 0 Å². The van der Waals surface area contributed by atoms with Crippen LogP contribution in [0.25, 0.3) is 0 Å². The van der Waals surface area contributed by atoms with Crippen LogP contribution in [0.5, 0.6) is 34.5 Å². The minimum atomic E-state index is 0.644. The van der Waals surface area contributed by atoms with Crippen LogP contribution >= 0.6 is 0 Å². The highest BCUT2D eigenvalue weighted by Gasteiger charge is 2.13. The van der Waals surface area contributed by atoms with Crippen molar-refractivity contribution in [3.05, 3.63) is 93.1 Å². The highest BCUT2D eigenvalue weighted by molar-refractivity contribution is 5.55. The van der Waals surface area contributed by atoms with Gasteiger partial charge in [0.1, 0.15) is 34.5 Å². The van der Waals surface area contributed by atoms with E-state index in [2.05, 4.69) is 151 Å². The average molecular weight is 1260 g/mol. The van der Waals surface area contributed by atoms with Crippen molar-refractivity contribution in [1.82, 2.24) is 82.5 Å². The molecule has 0 fully saturated rings. The molecule has 0 amide bonds. The number of tetrazole rings is 4. The van der Waals surface area contributed by atoms with Gasteiger partial charge in [-0.05, 0) is 185 Å². The summed E-state index contributed by atoms with van der Waals surface area (Å²) in [6, 6.07) is 12.1. The second-order valence-electron chi connectivity index (χ2n) is 22.6. The van der Waals surface area contributed by atoms with Gasteiger partial charge in [-0.2, -0.15) is 20.9 Å². The van der Waals surface area contributed by atoms with E-state index in [1.54, 1.807) is 0 Å². The molecule has 22 nitrogen and oxygen atoms in total. The fourth-order valence-electron chi connectivity index (χ4n) is 9.77. The molecule has 0 saturated heterocycles. The topological polar surface area (TPSA) is 273 Å². The first-order valence-electron chi connectivity index (χ1n) is 33.6. The summed E-state index contributed by atoms with van der Waals surface area (Å²) < 4.78 is 36.2. The Morgan fingerprint density at radius 2 is 0.522 bits per heavy atom. The van der Waals surface area contributed by atoms with Crippen LogP contribution in [0.2, 0.25) is 0 Å². The minimum absolute atomic E-state index is 0.644. The molecule has 0 saturated carbocycles. The number of aryl methyl sites for hydroxylation is 7. The molecule has 4 N–H and O–H groups in total. The number of nitrogens with one attached hydrogen (secondary N) is 4. The molecule has 0 aliphatic heterocycles. The number of hydrogen-bond acceptors (Lipinski definition) is 18. The molecule has 498 valence electrons. The summed E-state index contributed by atoms with van der Waals surface area (Å²) in [6.07, 6.45) is 30.7. The lowest BCUT2D eigenvalue weighted by Gasteiger charge is -2.14. The Morgan fingerprint density at radius 1 is 0.293 bits per heavy atom. The summed E-state index contributed by atoms with van der Waals surface area (Å²) in [4.78, 5) is 0. The molecule has 0 atom stereocenters. The van der Waals surface area contributed by atoms with E-state index in [4.69, 9.17) is 28.4 Å². The molecule has 0 spiro atoms. The Balaban J connectivity index is 0.000000251. The van der Waals surface area contributed by atoms with Crippen molar-refractivity contribution in [1.29, 1.82) is 0 Å². The van der Waals surface area contributed by atoms with Crippen molar-refractivity contribution < 1.29 is 28.4 Å². The molecule has 7 rings (SSSR count). The number of ether oxygens (including phenoxy) is 6. The van der Waals surface area contributed by atoms with Gasteiger partial charge in [0, 0.05) is 25.7 Å². The van der Waals surface area contributed by atoms with E-state index < -0.39 is 0 Å². The van der Waals surface area contributed by atoms with Crippen molar-refractivity contribution >= 4 is 0 Å². The first-order valence-corrected chi connectivity index (χ1v) is 33.6. The van der Waals surface area contributed by atoms with Crippen molar-refractivity contribution in [2.45, 2.75) is 235 Å². The van der Waals surface area contributed by atoms with Gasteiger partial charge in [-0.3, -0.25) is 0 Å². The van der Waals surface area contributed by atoms with Crippen molar-refractivity contribution in [3.63, 3.8) is 0 Å². The van der Waals surface area contributed by atoms with Gasteiger partial charge in [0.2, 0.25) is 0 Å². The molecule has 7 aromatic rings. The third-order valence-electron chi connectivity index (χ3n) is 14.9. The molecule has 4 heterocycles. The third-order valence-corrected chi connectivity index (χ3v) is 14.9. The lowest BCUT2D eigenvalue weighted by Crippen LogP contribution is -2.03. The van der Waals surface area contributed by atoms with Crippen LogP contribution in [0.15, 0.2) is 36.4 Å². The van der Waals surface area contributed by atoms with Gasteiger partial charge < -0.3 is 28.4 Å². The second kappa shape index (κ2) is 47.4. The number of unbranched alkanes of at least 4 members (excludes halogenated alkanes) is 18. The predicted octanol–water partition coefficient (Wildman–Crippen LogP) is 13.8. The number of aromatic amines is 4. The zero-order valence-corrected chi connectivity index (χ0v) is 56.3. The van der Waals surface area contributed by atoms with Crippen LogP contribution in [0.3, 0.4) is 0 Å². The van der Waals surface area contributed by atoms with Gasteiger partial charge in [-0.25, -0.2) is 0 Å². The summed E-state index contributed by atoms with van der Waals surface area (Å²) in [7, 11) is 0. The average Bonchev–Trinajstić information content (AvgIpc) is 1.16. The van der Waals surface area contributed by atoms with Crippen LogP contribution in [0.4, 0.5) is 0 Å². The standard InChI is InChI=1S/C26H42O2.2C22H30N8O2/c1-5-8-10-12-14-16-19-27-25-22-24(18-7-3)26(21-23(25)4)28-20-17-15-13-11-9-6-2;2*1-3-10-18-16-19(31-13-8-4-6-11-21-23-27-28-24-21)17(2)15-20(18)32-14-9-5-7-12-22-25-29-30-26-22/h21-22H,5-6,8-17,19-20H2,1-4H3;2*15-16H,4-9,11-14H2,1-2H3,(H,23,24,27,28)(H,25,26,29,30). The maximum Gasteiger partial charge on any atom is 0.174 e. The molecular formula is C70H102N16O6. The molecule has 3 aromatic carbocycles. The summed E-state index contributed by atoms with van der Waals surface area (Å²) in [6.45, 7) is 20.3. The molecule has 4 aromatic heterocycles. The molecule has 22 heteroatoms. The molecular weight excluding hydrogens is 1160 g/mol. The van der Waals surface area contributed by atoms with E-state index in [-0.39, 0.29) is 0 Å². The third kappa shape index (κ3) is 31.0.